The van der Waals surface area contributed by atoms with Crippen molar-refractivity contribution < 1.29 is 14.9 Å². The van der Waals surface area contributed by atoms with Crippen LogP contribution in [0.25, 0.3) is 0 Å². The van der Waals surface area contributed by atoms with Crippen LogP contribution in [0.2, 0.25) is 0 Å². The largest absolute Gasteiger partial charge is 0.504 e. The molecule has 0 saturated carbocycles. The maximum absolute atomic E-state index is 10.0. The van der Waals surface area contributed by atoms with E-state index in [4.69, 9.17) is 10.5 Å². The minimum Gasteiger partial charge on any atom is -0.504 e. The van der Waals surface area contributed by atoms with E-state index in [0.717, 1.165) is 0 Å². The summed E-state index contributed by atoms with van der Waals surface area (Å²) in [6.45, 7) is 2.20. The molecule has 0 aliphatic rings. The lowest BCUT2D eigenvalue weighted by Gasteiger charge is -2.08. The molecule has 10 heteroatoms. The number of ether oxygens (including phenoxy) is 1. The third kappa shape index (κ3) is 4.87. The third-order valence-electron chi connectivity index (χ3n) is 1.93. The van der Waals surface area contributed by atoms with Crippen LogP contribution in [-0.2, 0) is 0 Å². The number of nitrogens with zero attached hydrogens (tertiary/aromatic N) is 3. The lowest BCUT2D eigenvalue weighted by Crippen LogP contribution is -2.28. The maximum atomic E-state index is 10.0. The normalized spacial score (nSPS) is 11.6. The van der Waals surface area contributed by atoms with E-state index in [1.54, 1.807) is 19.1 Å². The van der Waals surface area contributed by atoms with Crippen LogP contribution < -0.4 is 15.9 Å². The van der Waals surface area contributed by atoms with Gasteiger partial charge in [-0.1, -0.05) is 0 Å². The monoisotopic (exact) mass is 393 g/mol. The molecule has 108 valence electrons. The van der Waals surface area contributed by atoms with Gasteiger partial charge in [-0.3, -0.25) is 0 Å². The molecule has 0 radical (unpaired) electrons. The van der Waals surface area contributed by atoms with Crippen molar-refractivity contribution in [1.29, 1.82) is 0 Å². The Balaban J connectivity index is 2.85. The number of benzene rings is 1. The molecule has 0 aromatic heterocycles. The maximum Gasteiger partial charge on any atom is 0.286 e. The molecule has 0 saturated heterocycles. The van der Waals surface area contributed by atoms with Gasteiger partial charge < -0.3 is 15.6 Å². The number of rotatable bonds is 5. The minimum atomic E-state index is -0.936. The van der Waals surface area contributed by atoms with Crippen molar-refractivity contribution in [3.63, 3.8) is 0 Å². The van der Waals surface area contributed by atoms with Gasteiger partial charge in [0, 0.05) is 0 Å². The van der Waals surface area contributed by atoms with Gasteiger partial charge in [0.25, 0.3) is 5.96 Å². The summed E-state index contributed by atoms with van der Waals surface area (Å²) in [6.07, 6.45) is 1.37. The third-order valence-corrected chi connectivity index (χ3v) is 2.76. The van der Waals surface area contributed by atoms with Crippen molar-refractivity contribution in [2.24, 2.45) is 15.9 Å². The van der Waals surface area contributed by atoms with Gasteiger partial charge in [-0.05, 0) is 47.2 Å². The summed E-state index contributed by atoms with van der Waals surface area (Å²) in [5, 5.41) is 25.4. The predicted molar refractivity (Wildman–Crippen MR) is 81.3 cm³/mol. The molecule has 9 nitrogen and oxygen atoms in total. The summed E-state index contributed by atoms with van der Waals surface area (Å²) < 4.78 is 5.85. The Morgan fingerprint density at radius 1 is 1.70 bits per heavy atom. The first kappa shape index (κ1) is 15.9. The molecule has 20 heavy (non-hydrogen) atoms. The first-order valence-electron chi connectivity index (χ1n) is 5.37. The number of nitrogens with two attached hydrogens (primary N) is 1. The highest BCUT2D eigenvalue weighted by molar-refractivity contribution is 14.1. The molecule has 0 heterocycles. The Morgan fingerprint density at radius 3 is 3.00 bits per heavy atom. The van der Waals surface area contributed by atoms with Gasteiger partial charge in [0.05, 0.1) is 16.4 Å². The molecule has 1 aromatic carbocycles. The Bertz CT molecular complexity index is 561. The number of halogens is 1. The second-order valence-electron chi connectivity index (χ2n) is 3.38. The molecule has 0 aliphatic heterocycles. The second kappa shape index (κ2) is 7.47. The van der Waals surface area contributed by atoms with Crippen molar-refractivity contribution in [2.45, 2.75) is 6.92 Å². The molecular weight excluding hydrogens is 381 g/mol. The van der Waals surface area contributed by atoms with Crippen LogP contribution in [0.3, 0.4) is 0 Å². The van der Waals surface area contributed by atoms with Crippen molar-refractivity contribution >= 4 is 34.8 Å². The SMILES string of the molecule is CCOc1cc(C=NN/C(N)=N\[N+](=O)[O-])cc(I)c1O. The quantitative estimate of drug-likeness (QED) is 0.223. The second-order valence-corrected chi connectivity index (χ2v) is 4.54. The van der Waals surface area contributed by atoms with Gasteiger partial charge in [-0.15, -0.1) is 0 Å². The van der Waals surface area contributed by atoms with Crippen LogP contribution in [-0.4, -0.2) is 28.9 Å². The van der Waals surface area contributed by atoms with Crippen LogP contribution >= 0.6 is 22.6 Å². The molecule has 0 fully saturated rings. The molecule has 0 aliphatic carbocycles. The zero-order chi connectivity index (χ0) is 15.1. The predicted octanol–water partition coefficient (Wildman–Crippen LogP) is 0.825. The molecule has 4 N–H and O–H groups in total. The molecule has 0 bridgehead atoms. The van der Waals surface area contributed by atoms with Crippen LogP contribution in [0, 0.1) is 13.7 Å². The van der Waals surface area contributed by atoms with Gasteiger partial charge in [0.2, 0.25) is 0 Å². The topological polar surface area (TPSA) is 135 Å². The fourth-order valence-corrected chi connectivity index (χ4v) is 1.84. The van der Waals surface area contributed by atoms with E-state index in [1.807, 2.05) is 22.6 Å². The molecule has 0 amide bonds. The summed E-state index contributed by atoms with van der Waals surface area (Å²) in [7, 11) is 0. The van der Waals surface area contributed by atoms with Gasteiger partial charge in [-0.2, -0.15) is 5.10 Å². The van der Waals surface area contributed by atoms with E-state index >= 15 is 0 Å². The molecule has 0 unspecified atom stereocenters. The number of phenolic OH excluding ortho intramolecular Hbond substituents is 1. The molecule has 0 spiro atoms. The fourth-order valence-electron chi connectivity index (χ4n) is 1.22. The molecule has 1 rings (SSSR count). The first-order valence-corrected chi connectivity index (χ1v) is 6.44. The van der Waals surface area contributed by atoms with Crippen molar-refractivity contribution in [1.82, 2.24) is 5.43 Å². The van der Waals surface area contributed by atoms with Crippen molar-refractivity contribution in [3.8, 4) is 11.5 Å². The average molecular weight is 393 g/mol. The van der Waals surface area contributed by atoms with Crippen molar-refractivity contribution in [2.75, 3.05) is 6.61 Å². The Labute approximate surface area is 127 Å². The lowest BCUT2D eigenvalue weighted by molar-refractivity contribution is -0.485. The number of guanidine groups is 1. The lowest BCUT2D eigenvalue weighted by atomic mass is 10.2. The smallest absolute Gasteiger partial charge is 0.286 e. The van der Waals surface area contributed by atoms with E-state index in [1.165, 1.54) is 6.21 Å². The number of hydrogen-bond donors (Lipinski definition) is 3. The van der Waals surface area contributed by atoms with Gasteiger partial charge in [0.1, 0.15) is 5.10 Å². The molecular formula is C10H12IN5O4. The Morgan fingerprint density at radius 2 is 2.40 bits per heavy atom. The Hall–Kier alpha value is -2.11. The van der Waals surface area contributed by atoms with E-state index in [2.05, 4.69) is 15.6 Å². The summed E-state index contributed by atoms with van der Waals surface area (Å²) in [6, 6.07) is 3.23. The highest BCUT2D eigenvalue weighted by Gasteiger charge is 2.08. The molecule has 0 atom stereocenters. The average Bonchev–Trinajstić information content (AvgIpc) is 2.34. The van der Waals surface area contributed by atoms with Crippen LogP contribution in [0.4, 0.5) is 0 Å². The number of phenols is 1. The van der Waals surface area contributed by atoms with Gasteiger partial charge in [-0.25, -0.2) is 15.5 Å². The van der Waals surface area contributed by atoms with Crippen molar-refractivity contribution in [3.05, 3.63) is 31.4 Å². The minimum absolute atomic E-state index is 0.0481. The highest BCUT2D eigenvalue weighted by Crippen LogP contribution is 2.32. The zero-order valence-electron chi connectivity index (χ0n) is 10.4. The van der Waals surface area contributed by atoms with Gasteiger partial charge >= 0.3 is 0 Å². The van der Waals surface area contributed by atoms with Crippen LogP contribution in [0.15, 0.2) is 22.3 Å². The zero-order valence-corrected chi connectivity index (χ0v) is 12.6. The van der Waals surface area contributed by atoms with Crippen LogP contribution in [0.1, 0.15) is 12.5 Å². The Kier molecular flexibility index (Phi) is 5.96. The summed E-state index contributed by atoms with van der Waals surface area (Å²) in [5.74, 6) is -0.0653. The van der Waals surface area contributed by atoms with E-state index < -0.39 is 11.0 Å². The summed E-state index contributed by atoms with van der Waals surface area (Å²) >= 11 is 1.95. The summed E-state index contributed by atoms with van der Waals surface area (Å²) in [5.41, 5.74) is 8.01. The standard InChI is InChI=1S/C10H12IN5O4/c1-2-20-8-4-6(3-7(11)9(8)17)5-13-14-10(12)15-16(18)19/h3-5,17H,2H2,1H3,(H3,12,14,15). The number of aromatic hydroxyl groups is 1. The summed E-state index contributed by atoms with van der Waals surface area (Å²) in [4.78, 5) is 10.0. The molecule has 1 aromatic rings. The fraction of sp³-hybridized carbons (Fsp3) is 0.200. The first-order chi connectivity index (χ1) is 9.43. The number of nitro groups is 1. The highest BCUT2D eigenvalue weighted by atomic mass is 127. The number of hydrogen-bond acceptors (Lipinski definition) is 5. The van der Waals surface area contributed by atoms with E-state index in [9.17, 15) is 15.2 Å². The number of hydrazone groups is 2. The van der Waals surface area contributed by atoms with E-state index in [0.29, 0.717) is 21.5 Å². The van der Waals surface area contributed by atoms with E-state index in [-0.39, 0.29) is 5.75 Å². The van der Waals surface area contributed by atoms with Crippen LogP contribution in [0.5, 0.6) is 11.5 Å². The number of nitrogens with one attached hydrogen (secondary N) is 1. The van der Waals surface area contributed by atoms with Gasteiger partial charge in [0.15, 0.2) is 16.5 Å².